The SMILES string of the molecule is C[C@H](NC(=O)NCCNC(=O)c1ccccc1F)c1ccc(F)cc1. The van der Waals surface area contributed by atoms with Gasteiger partial charge in [-0.05, 0) is 36.8 Å². The van der Waals surface area contributed by atoms with Gasteiger partial charge in [-0.15, -0.1) is 0 Å². The highest BCUT2D eigenvalue weighted by molar-refractivity contribution is 5.94. The van der Waals surface area contributed by atoms with Gasteiger partial charge in [-0.1, -0.05) is 24.3 Å². The van der Waals surface area contributed by atoms with Gasteiger partial charge in [-0.2, -0.15) is 0 Å². The van der Waals surface area contributed by atoms with Gasteiger partial charge in [0.1, 0.15) is 11.6 Å². The van der Waals surface area contributed by atoms with Crippen molar-refractivity contribution >= 4 is 11.9 Å². The van der Waals surface area contributed by atoms with E-state index in [1.165, 1.54) is 30.3 Å². The summed E-state index contributed by atoms with van der Waals surface area (Å²) in [5, 5.41) is 7.81. The van der Waals surface area contributed by atoms with Crippen molar-refractivity contribution in [1.29, 1.82) is 0 Å². The van der Waals surface area contributed by atoms with Crippen molar-refractivity contribution in [1.82, 2.24) is 16.0 Å². The van der Waals surface area contributed by atoms with Crippen LogP contribution in [0.3, 0.4) is 0 Å². The Kier molecular flexibility index (Phi) is 6.45. The number of rotatable bonds is 6. The van der Waals surface area contributed by atoms with Crippen LogP contribution >= 0.6 is 0 Å². The smallest absolute Gasteiger partial charge is 0.315 e. The minimum absolute atomic E-state index is 0.0446. The Hall–Kier alpha value is -2.96. The van der Waals surface area contributed by atoms with Gasteiger partial charge in [-0.3, -0.25) is 4.79 Å². The van der Waals surface area contributed by atoms with Crippen LogP contribution in [-0.2, 0) is 0 Å². The van der Waals surface area contributed by atoms with E-state index in [1.54, 1.807) is 25.1 Å². The predicted molar refractivity (Wildman–Crippen MR) is 90.1 cm³/mol. The first kappa shape index (κ1) is 18.4. The topological polar surface area (TPSA) is 70.2 Å². The lowest BCUT2D eigenvalue weighted by Crippen LogP contribution is -2.41. The highest BCUT2D eigenvalue weighted by Crippen LogP contribution is 2.12. The standard InChI is InChI=1S/C18H19F2N3O2/c1-12(13-6-8-14(19)9-7-13)23-18(25)22-11-10-21-17(24)15-4-2-3-5-16(15)20/h2-9,12H,10-11H2,1H3,(H,21,24)(H2,22,23,25)/t12-/m0/s1. The van der Waals surface area contributed by atoms with Crippen molar-refractivity contribution in [2.45, 2.75) is 13.0 Å². The van der Waals surface area contributed by atoms with Crippen molar-refractivity contribution in [3.8, 4) is 0 Å². The molecule has 2 aromatic carbocycles. The van der Waals surface area contributed by atoms with Gasteiger partial charge in [0.05, 0.1) is 11.6 Å². The number of halogens is 2. The van der Waals surface area contributed by atoms with Gasteiger partial charge >= 0.3 is 6.03 Å². The highest BCUT2D eigenvalue weighted by atomic mass is 19.1. The Labute approximate surface area is 144 Å². The molecule has 1 atom stereocenters. The number of urea groups is 1. The van der Waals surface area contributed by atoms with Crippen LogP contribution in [0.25, 0.3) is 0 Å². The Balaban J connectivity index is 1.71. The van der Waals surface area contributed by atoms with Crippen molar-refractivity contribution in [2.75, 3.05) is 13.1 Å². The van der Waals surface area contributed by atoms with E-state index in [9.17, 15) is 18.4 Å². The average Bonchev–Trinajstić information content (AvgIpc) is 2.59. The molecular weight excluding hydrogens is 328 g/mol. The number of hydrogen-bond acceptors (Lipinski definition) is 2. The summed E-state index contributed by atoms with van der Waals surface area (Å²) >= 11 is 0. The fourth-order valence-corrected chi connectivity index (χ4v) is 2.18. The number of nitrogens with one attached hydrogen (secondary N) is 3. The van der Waals surface area contributed by atoms with Crippen LogP contribution in [0.5, 0.6) is 0 Å². The zero-order chi connectivity index (χ0) is 18.2. The first-order valence-corrected chi connectivity index (χ1v) is 7.80. The van der Waals surface area contributed by atoms with Gasteiger partial charge in [0.2, 0.25) is 0 Å². The van der Waals surface area contributed by atoms with E-state index in [0.717, 1.165) is 5.56 Å². The van der Waals surface area contributed by atoms with E-state index in [0.29, 0.717) is 0 Å². The first-order chi connectivity index (χ1) is 12.0. The molecule has 0 bridgehead atoms. The molecule has 0 spiro atoms. The summed E-state index contributed by atoms with van der Waals surface area (Å²) < 4.78 is 26.3. The summed E-state index contributed by atoms with van der Waals surface area (Å²) in [4.78, 5) is 23.6. The summed E-state index contributed by atoms with van der Waals surface area (Å²) in [6.45, 7) is 2.11. The molecule has 2 aromatic rings. The van der Waals surface area contributed by atoms with Crippen molar-refractivity contribution in [2.24, 2.45) is 0 Å². The van der Waals surface area contributed by atoms with Gasteiger partial charge in [0, 0.05) is 13.1 Å². The summed E-state index contributed by atoms with van der Waals surface area (Å²) in [7, 11) is 0. The molecular formula is C18H19F2N3O2. The molecule has 0 fully saturated rings. The number of carbonyl (C=O) groups is 2. The first-order valence-electron chi connectivity index (χ1n) is 7.80. The van der Waals surface area contributed by atoms with Crippen molar-refractivity contribution in [3.05, 3.63) is 71.3 Å². The molecule has 0 heterocycles. The van der Waals surface area contributed by atoms with Gasteiger partial charge in [0.25, 0.3) is 5.91 Å². The third-order valence-corrected chi connectivity index (χ3v) is 3.53. The van der Waals surface area contributed by atoms with E-state index < -0.39 is 17.8 Å². The third-order valence-electron chi connectivity index (χ3n) is 3.53. The molecule has 5 nitrogen and oxygen atoms in total. The predicted octanol–water partition coefficient (Wildman–Crippen LogP) is 2.76. The lowest BCUT2D eigenvalue weighted by Gasteiger charge is -2.15. The lowest BCUT2D eigenvalue weighted by molar-refractivity contribution is 0.0949. The quantitative estimate of drug-likeness (QED) is 0.703. The Morgan fingerprint density at radius 2 is 1.60 bits per heavy atom. The molecule has 3 amide bonds. The van der Waals surface area contributed by atoms with Crippen LogP contribution in [0.15, 0.2) is 48.5 Å². The zero-order valence-electron chi connectivity index (χ0n) is 13.7. The number of amides is 3. The van der Waals surface area contributed by atoms with Gasteiger partial charge in [0.15, 0.2) is 0 Å². The minimum Gasteiger partial charge on any atom is -0.350 e. The van der Waals surface area contributed by atoms with E-state index in [-0.39, 0.29) is 30.5 Å². The van der Waals surface area contributed by atoms with Crippen LogP contribution in [0.1, 0.15) is 28.9 Å². The Morgan fingerprint density at radius 1 is 0.960 bits per heavy atom. The van der Waals surface area contributed by atoms with Gasteiger partial charge < -0.3 is 16.0 Å². The van der Waals surface area contributed by atoms with E-state index >= 15 is 0 Å². The highest BCUT2D eigenvalue weighted by Gasteiger charge is 2.11. The van der Waals surface area contributed by atoms with Crippen LogP contribution < -0.4 is 16.0 Å². The molecule has 0 aliphatic heterocycles. The van der Waals surface area contributed by atoms with E-state index in [2.05, 4.69) is 16.0 Å². The average molecular weight is 347 g/mol. The Bertz CT molecular complexity index is 735. The second-order valence-corrected chi connectivity index (χ2v) is 5.41. The molecule has 0 aromatic heterocycles. The van der Waals surface area contributed by atoms with Crippen molar-refractivity contribution < 1.29 is 18.4 Å². The number of benzene rings is 2. The largest absolute Gasteiger partial charge is 0.350 e. The monoisotopic (exact) mass is 347 g/mol. The lowest BCUT2D eigenvalue weighted by atomic mass is 10.1. The second-order valence-electron chi connectivity index (χ2n) is 5.41. The number of hydrogen-bond donors (Lipinski definition) is 3. The fraction of sp³-hybridized carbons (Fsp3) is 0.222. The molecule has 0 saturated heterocycles. The van der Waals surface area contributed by atoms with E-state index in [4.69, 9.17) is 0 Å². The summed E-state index contributed by atoms with van der Waals surface area (Å²) in [6, 6.07) is 10.8. The maximum absolute atomic E-state index is 13.4. The Morgan fingerprint density at radius 3 is 2.28 bits per heavy atom. The molecule has 0 aliphatic rings. The summed E-state index contributed by atoms with van der Waals surface area (Å²) in [6.07, 6.45) is 0. The van der Waals surface area contributed by atoms with Crippen LogP contribution in [0.2, 0.25) is 0 Å². The molecule has 132 valence electrons. The molecule has 0 saturated carbocycles. The normalized spacial score (nSPS) is 11.5. The summed E-state index contributed by atoms with van der Waals surface area (Å²) in [5.41, 5.74) is 0.723. The molecule has 0 aliphatic carbocycles. The molecule has 0 unspecified atom stereocenters. The second kappa shape index (κ2) is 8.77. The molecule has 0 radical (unpaired) electrons. The third kappa shape index (κ3) is 5.56. The van der Waals surface area contributed by atoms with Crippen molar-refractivity contribution in [3.63, 3.8) is 0 Å². The fourth-order valence-electron chi connectivity index (χ4n) is 2.18. The molecule has 25 heavy (non-hydrogen) atoms. The van der Waals surface area contributed by atoms with Crippen LogP contribution in [-0.4, -0.2) is 25.0 Å². The molecule has 7 heteroatoms. The maximum atomic E-state index is 13.4. The maximum Gasteiger partial charge on any atom is 0.315 e. The van der Waals surface area contributed by atoms with Gasteiger partial charge in [-0.25, -0.2) is 13.6 Å². The summed E-state index contributed by atoms with van der Waals surface area (Å²) in [5.74, 6) is -1.48. The zero-order valence-corrected chi connectivity index (χ0v) is 13.7. The molecule has 3 N–H and O–H groups in total. The minimum atomic E-state index is -0.598. The number of carbonyl (C=O) groups excluding carboxylic acids is 2. The van der Waals surface area contributed by atoms with Crippen LogP contribution in [0, 0.1) is 11.6 Å². The van der Waals surface area contributed by atoms with E-state index in [1.807, 2.05) is 0 Å². The molecule has 2 rings (SSSR count). The van der Waals surface area contributed by atoms with Crippen LogP contribution in [0.4, 0.5) is 13.6 Å².